The van der Waals surface area contributed by atoms with Gasteiger partial charge in [0.05, 0.1) is 11.4 Å². The number of hydrogen-bond donors (Lipinski definition) is 2. The van der Waals surface area contributed by atoms with Gasteiger partial charge in [-0.25, -0.2) is 13.1 Å². The summed E-state index contributed by atoms with van der Waals surface area (Å²) < 4.78 is 30.9. The van der Waals surface area contributed by atoms with Crippen LogP contribution in [0.15, 0.2) is 0 Å². The van der Waals surface area contributed by atoms with Gasteiger partial charge in [0.1, 0.15) is 0 Å². The number of methoxy groups -OCH3 is 1. The molecule has 0 saturated heterocycles. The van der Waals surface area contributed by atoms with Crippen molar-refractivity contribution in [3.05, 3.63) is 0 Å². The maximum atomic E-state index is 11.6. The highest BCUT2D eigenvalue weighted by Crippen LogP contribution is 2.18. The van der Waals surface area contributed by atoms with Gasteiger partial charge in [0.2, 0.25) is 10.0 Å². The van der Waals surface area contributed by atoms with Gasteiger partial charge in [0.15, 0.2) is 0 Å². The van der Waals surface area contributed by atoms with E-state index in [0.717, 1.165) is 0 Å². The lowest BCUT2D eigenvalue weighted by Crippen LogP contribution is -2.42. The normalized spacial score (nSPS) is 17.7. The molecule has 0 aromatic carbocycles. The minimum Gasteiger partial charge on any atom is -0.377 e. The van der Waals surface area contributed by atoms with Gasteiger partial charge in [-0.1, -0.05) is 0 Å². The van der Waals surface area contributed by atoms with Crippen LogP contribution < -0.4 is 10.0 Å². The number of nitrogens with one attached hydrogen (secondary N) is 2. The Morgan fingerprint density at radius 1 is 1.38 bits per heavy atom. The molecule has 0 amide bonds. The predicted molar refractivity (Wildman–Crippen MR) is 63.9 cm³/mol. The zero-order valence-corrected chi connectivity index (χ0v) is 11.1. The highest BCUT2D eigenvalue weighted by molar-refractivity contribution is 7.89. The fourth-order valence-corrected chi connectivity index (χ4v) is 2.21. The summed E-state index contributed by atoms with van der Waals surface area (Å²) in [6.07, 6.45) is 2.34. The molecular formula is C10H22N2O3S. The van der Waals surface area contributed by atoms with Crippen LogP contribution in [0.25, 0.3) is 0 Å². The van der Waals surface area contributed by atoms with E-state index in [2.05, 4.69) is 10.0 Å². The number of hydrogen-bond acceptors (Lipinski definition) is 4. The van der Waals surface area contributed by atoms with E-state index in [0.29, 0.717) is 19.1 Å². The van der Waals surface area contributed by atoms with Crippen LogP contribution in [0.4, 0.5) is 0 Å². The smallest absolute Gasteiger partial charge is 0.212 e. The van der Waals surface area contributed by atoms with Gasteiger partial charge in [-0.3, -0.25) is 0 Å². The van der Waals surface area contributed by atoms with Crippen molar-refractivity contribution < 1.29 is 13.2 Å². The average Bonchev–Trinajstić information content (AvgIpc) is 2.99. The zero-order valence-electron chi connectivity index (χ0n) is 10.2. The Morgan fingerprint density at radius 2 is 2.00 bits per heavy atom. The molecule has 1 fully saturated rings. The molecule has 5 nitrogen and oxygen atoms in total. The van der Waals surface area contributed by atoms with E-state index >= 15 is 0 Å². The summed E-state index contributed by atoms with van der Waals surface area (Å²) in [5, 5.41) is 3.17. The van der Waals surface area contributed by atoms with Crippen molar-refractivity contribution in [2.24, 2.45) is 0 Å². The van der Waals surface area contributed by atoms with Crippen molar-refractivity contribution in [2.45, 2.75) is 38.3 Å². The van der Waals surface area contributed by atoms with Crippen molar-refractivity contribution in [1.29, 1.82) is 0 Å². The van der Waals surface area contributed by atoms with Crippen molar-refractivity contribution in [2.75, 3.05) is 26.0 Å². The maximum absolute atomic E-state index is 11.6. The van der Waals surface area contributed by atoms with E-state index < -0.39 is 15.6 Å². The fraction of sp³-hybridized carbons (Fsp3) is 1.00. The summed E-state index contributed by atoms with van der Waals surface area (Å²) in [4.78, 5) is 0. The molecule has 1 aliphatic rings. The van der Waals surface area contributed by atoms with Gasteiger partial charge in [0, 0.05) is 26.2 Å². The van der Waals surface area contributed by atoms with Gasteiger partial charge in [-0.15, -0.1) is 0 Å². The SMILES string of the molecule is COC(C)(C)CNS(=O)(=O)CCNC1CC1. The summed E-state index contributed by atoms with van der Waals surface area (Å²) >= 11 is 0. The Morgan fingerprint density at radius 3 is 2.50 bits per heavy atom. The minimum absolute atomic E-state index is 0.128. The summed E-state index contributed by atoms with van der Waals surface area (Å²) in [6, 6.07) is 0.547. The molecule has 0 radical (unpaired) electrons. The first-order chi connectivity index (χ1) is 7.35. The van der Waals surface area contributed by atoms with Crippen LogP contribution in [0.3, 0.4) is 0 Å². The first-order valence-electron chi connectivity index (χ1n) is 5.60. The van der Waals surface area contributed by atoms with Crippen LogP contribution in [-0.4, -0.2) is 46.0 Å². The standard InChI is InChI=1S/C10H22N2O3S/c1-10(2,15-3)8-12-16(13,14)7-6-11-9-4-5-9/h9,11-12H,4-8H2,1-3H3. The molecule has 2 N–H and O–H groups in total. The molecular weight excluding hydrogens is 228 g/mol. The minimum atomic E-state index is -3.19. The van der Waals surface area contributed by atoms with Crippen molar-refractivity contribution in [1.82, 2.24) is 10.0 Å². The molecule has 0 atom stereocenters. The maximum Gasteiger partial charge on any atom is 0.212 e. The molecule has 6 heteroatoms. The summed E-state index contributed by atoms with van der Waals surface area (Å²) in [5.41, 5.74) is -0.461. The van der Waals surface area contributed by atoms with Gasteiger partial charge >= 0.3 is 0 Å². The van der Waals surface area contributed by atoms with E-state index in [1.807, 2.05) is 13.8 Å². The van der Waals surface area contributed by atoms with Crippen molar-refractivity contribution >= 4 is 10.0 Å². The molecule has 0 heterocycles. The van der Waals surface area contributed by atoms with E-state index in [4.69, 9.17) is 4.74 Å². The second kappa shape index (κ2) is 5.44. The summed E-state index contributed by atoms with van der Waals surface area (Å²) in [7, 11) is -1.61. The topological polar surface area (TPSA) is 67.4 Å². The van der Waals surface area contributed by atoms with Gasteiger partial charge in [-0.2, -0.15) is 0 Å². The van der Waals surface area contributed by atoms with Gasteiger partial charge in [-0.05, 0) is 26.7 Å². The number of rotatable bonds is 8. The lowest BCUT2D eigenvalue weighted by Gasteiger charge is -2.23. The molecule has 96 valence electrons. The molecule has 0 aliphatic heterocycles. The molecule has 1 aliphatic carbocycles. The van der Waals surface area contributed by atoms with E-state index in [1.165, 1.54) is 12.8 Å². The molecule has 1 saturated carbocycles. The first-order valence-corrected chi connectivity index (χ1v) is 7.26. The van der Waals surface area contributed by atoms with Gasteiger partial charge < -0.3 is 10.1 Å². The molecule has 0 bridgehead atoms. The van der Waals surface area contributed by atoms with E-state index in [1.54, 1.807) is 7.11 Å². The van der Waals surface area contributed by atoms with Crippen LogP contribution in [-0.2, 0) is 14.8 Å². The van der Waals surface area contributed by atoms with Crippen LogP contribution in [0, 0.1) is 0 Å². The van der Waals surface area contributed by atoms with Crippen LogP contribution in [0.1, 0.15) is 26.7 Å². The Kier molecular flexibility index (Phi) is 4.73. The molecule has 0 aromatic rings. The highest BCUT2D eigenvalue weighted by Gasteiger charge is 2.22. The second-order valence-electron chi connectivity index (χ2n) is 4.83. The Labute approximate surface area is 98.0 Å². The van der Waals surface area contributed by atoms with Crippen LogP contribution in [0.2, 0.25) is 0 Å². The summed E-state index contributed by atoms with van der Waals surface area (Å²) in [5.74, 6) is 0.128. The molecule has 1 rings (SSSR count). The van der Waals surface area contributed by atoms with Crippen LogP contribution >= 0.6 is 0 Å². The van der Waals surface area contributed by atoms with Gasteiger partial charge in [0.25, 0.3) is 0 Å². The quantitative estimate of drug-likeness (QED) is 0.640. The van der Waals surface area contributed by atoms with E-state index in [9.17, 15) is 8.42 Å². The molecule has 16 heavy (non-hydrogen) atoms. The van der Waals surface area contributed by atoms with Crippen molar-refractivity contribution in [3.63, 3.8) is 0 Å². The van der Waals surface area contributed by atoms with Crippen molar-refractivity contribution in [3.8, 4) is 0 Å². The zero-order chi connectivity index (χ0) is 12.2. The third-order valence-electron chi connectivity index (χ3n) is 2.65. The summed E-state index contributed by atoms with van der Waals surface area (Å²) in [6.45, 7) is 4.51. The molecule has 0 unspecified atom stereocenters. The lowest BCUT2D eigenvalue weighted by atomic mass is 10.1. The highest BCUT2D eigenvalue weighted by atomic mass is 32.2. The fourth-order valence-electron chi connectivity index (χ4n) is 1.11. The largest absolute Gasteiger partial charge is 0.377 e. The van der Waals surface area contributed by atoms with Crippen LogP contribution in [0.5, 0.6) is 0 Å². The monoisotopic (exact) mass is 250 g/mol. The molecule has 0 spiro atoms. The van der Waals surface area contributed by atoms with E-state index in [-0.39, 0.29) is 5.75 Å². The Hall–Kier alpha value is -0.170. The average molecular weight is 250 g/mol. The molecule has 0 aromatic heterocycles. The third kappa shape index (κ3) is 5.79. The Bertz CT molecular complexity index is 310. The number of sulfonamides is 1. The second-order valence-corrected chi connectivity index (χ2v) is 6.76. The third-order valence-corrected chi connectivity index (χ3v) is 3.98. The predicted octanol–water partition coefficient (Wildman–Crippen LogP) is 0.0828. The number of ether oxygens (including phenoxy) is 1. The first kappa shape index (κ1) is 13.9. The Balaban J connectivity index is 2.21. The lowest BCUT2D eigenvalue weighted by molar-refractivity contribution is 0.0276.